The third-order valence-corrected chi connectivity index (χ3v) is 6.17. The van der Waals surface area contributed by atoms with Crippen LogP contribution < -0.4 is 14.8 Å². The third-order valence-electron chi connectivity index (χ3n) is 5.19. The molecule has 2 aromatic carbocycles. The minimum absolute atomic E-state index is 0.0649. The number of imide groups is 1. The number of ether oxygens (including phenoxy) is 2. The Kier molecular flexibility index (Phi) is 5.38. The van der Waals surface area contributed by atoms with Crippen LogP contribution in [0.4, 0.5) is 10.5 Å². The van der Waals surface area contributed by atoms with Gasteiger partial charge in [-0.1, -0.05) is 23.9 Å². The summed E-state index contributed by atoms with van der Waals surface area (Å²) in [5.41, 5.74) is 1.30. The van der Waals surface area contributed by atoms with Crippen LogP contribution in [0.3, 0.4) is 0 Å². The van der Waals surface area contributed by atoms with Crippen molar-refractivity contribution in [2.45, 2.75) is 37.0 Å². The molecule has 2 aliphatic heterocycles. The fraction of sp³-hybridized carbons (Fsp3) is 0.333. The topological polar surface area (TPSA) is 108 Å². The Hall–Kier alpha value is -3.07. The van der Waals surface area contributed by atoms with Crippen molar-refractivity contribution >= 4 is 28.6 Å². The quantitative estimate of drug-likeness (QED) is 0.553. The number of fused-ring (bicyclic) bond motifs is 1. The van der Waals surface area contributed by atoms with Crippen LogP contribution >= 0.6 is 11.8 Å². The minimum Gasteiger partial charge on any atom is -0.489 e. The van der Waals surface area contributed by atoms with Gasteiger partial charge in [-0.2, -0.15) is 0 Å². The molecule has 0 spiro atoms. The Morgan fingerprint density at radius 3 is 2.70 bits per heavy atom. The molecular formula is C21H20N2O6S. The fourth-order valence-corrected chi connectivity index (χ4v) is 4.35. The maximum absolute atomic E-state index is 11.7. The number of aryl methyl sites for hydroxylation is 1. The molecule has 8 nitrogen and oxygen atoms in total. The van der Waals surface area contributed by atoms with Crippen molar-refractivity contribution in [3.63, 3.8) is 0 Å². The van der Waals surface area contributed by atoms with Crippen molar-refractivity contribution in [2.24, 2.45) is 0 Å². The van der Waals surface area contributed by atoms with Gasteiger partial charge in [0.1, 0.15) is 23.7 Å². The average molecular weight is 428 g/mol. The summed E-state index contributed by atoms with van der Waals surface area (Å²) in [7, 11) is 0. The number of nitro groups is 1. The highest BCUT2D eigenvalue weighted by Gasteiger charge is 2.34. The summed E-state index contributed by atoms with van der Waals surface area (Å²) in [6, 6.07) is 12.1. The Morgan fingerprint density at radius 2 is 2.03 bits per heavy atom. The van der Waals surface area contributed by atoms with E-state index in [1.54, 1.807) is 12.1 Å². The molecule has 4 rings (SSSR count). The van der Waals surface area contributed by atoms with Gasteiger partial charge in [-0.05, 0) is 49.9 Å². The lowest BCUT2D eigenvalue weighted by Crippen LogP contribution is -2.42. The van der Waals surface area contributed by atoms with Crippen molar-refractivity contribution in [3.05, 3.63) is 63.7 Å². The molecule has 1 saturated heterocycles. The van der Waals surface area contributed by atoms with E-state index in [0.717, 1.165) is 22.9 Å². The summed E-state index contributed by atoms with van der Waals surface area (Å²) in [5.74, 6) is 1.08. The summed E-state index contributed by atoms with van der Waals surface area (Å²) >= 11 is 1.01. The zero-order chi connectivity index (χ0) is 21.3. The molecule has 9 heteroatoms. The van der Waals surface area contributed by atoms with E-state index < -0.39 is 15.8 Å². The predicted molar refractivity (Wildman–Crippen MR) is 111 cm³/mol. The molecule has 2 atom stereocenters. The monoisotopic (exact) mass is 428 g/mol. The molecule has 1 N–H and O–H groups in total. The Bertz CT molecular complexity index is 1010. The number of benzene rings is 2. The van der Waals surface area contributed by atoms with Gasteiger partial charge in [-0.3, -0.25) is 25.0 Å². The van der Waals surface area contributed by atoms with Gasteiger partial charge in [0.15, 0.2) is 0 Å². The second-order valence-electron chi connectivity index (χ2n) is 7.62. The summed E-state index contributed by atoms with van der Waals surface area (Å²) < 4.78 is 12.0. The number of carbonyl (C=O) groups is 2. The van der Waals surface area contributed by atoms with E-state index >= 15 is 0 Å². The molecule has 2 heterocycles. The lowest BCUT2D eigenvalue weighted by atomic mass is 9.93. The zero-order valence-corrected chi connectivity index (χ0v) is 17.1. The van der Waals surface area contributed by atoms with E-state index in [1.165, 1.54) is 6.07 Å². The molecule has 0 aromatic heterocycles. The van der Waals surface area contributed by atoms with Crippen LogP contribution in [0.1, 0.15) is 24.5 Å². The van der Waals surface area contributed by atoms with Gasteiger partial charge in [0.2, 0.25) is 5.91 Å². The van der Waals surface area contributed by atoms with Gasteiger partial charge >= 0.3 is 0 Å². The van der Waals surface area contributed by atoms with Gasteiger partial charge in [0, 0.05) is 17.7 Å². The Morgan fingerprint density at radius 1 is 1.27 bits per heavy atom. The number of nitro benzene ring substituents is 1. The Labute approximate surface area is 177 Å². The lowest BCUT2D eigenvalue weighted by Gasteiger charge is -2.35. The van der Waals surface area contributed by atoms with Crippen molar-refractivity contribution in [3.8, 4) is 11.5 Å². The first-order chi connectivity index (χ1) is 14.3. The van der Waals surface area contributed by atoms with Crippen LogP contribution in [0.25, 0.3) is 0 Å². The second kappa shape index (κ2) is 7.98. The van der Waals surface area contributed by atoms with Crippen LogP contribution in [-0.4, -0.2) is 33.5 Å². The van der Waals surface area contributed by atoms with Gasteiger partial charge in [0.05, 0.1) is 10.2 Å². The Balaban J connectivity index is 1.34. The molecule has 2 amide bonds. The summed E-state index contributed by atoms with van der Waals surface area (Å²) in [6.07, 6.45) is 1.84. The number of hydrogen-bond donors (Lipinski definition) is 1. The van der Waals surface area contributed by atoms with Crippen LogP contribution in [-0.2, 0) is 17.6 Å². The van der Waals surface area contributed by atoms with Crippen molar-refractivity contribution < 1.29 is 24.0 Å². The van der Waals surface area contributed by atoms with Crippen molar-refractivity contribution in [2.75, 3.05) is 6.61 Å². The molecule has 156 valence electrons. The summed E-state index contributed by atoms with van der Waals surface area (Å²) in [5, 5.41) is 12.5. The number of carbonyl (C=O) groups excluding carboxylic acids is 2. The van der Waals surface area contributed by atoms with Gasteiger partial charge in [0.25, 0.3) is 10.9 Å². The lowest BCUT2D eigenvalue weighted by molar-refractivity contribution is -0.385. The maximum atomic E-state index is 11.7. The molecule has 0 radical (unpaired) electrons. The number of nitrogens with zero attached hydrogens (tertiary/aromatic N) is 1. The largest absolute Gasteiger partial charge is 0.489 e. The number of nitrogens with one attached hydrogen (secondary N) is 1. The normalized spacial score (nSPS) is 22.8. The SMILES string of the molecule is CC1(COc2ccc(CC3SC(=O)NC3=O)cc2)CCc2cc([N+](=O)[O-])ccc2O1. The third kappa shape index (κ3) is 4.40. The van der Waals surface area contributed by atoms with Crippen LogP contribution in [0, 0.1) is 10.1 Å². The highest BCUT2D eigenvalue weighted by Crippen LogP contribution is 2.35. The number of hydrogen-bond acceptors (Lipinski definition) is 7. The van der Waals surface area contributed by atoms with E-state index in [1.807, 2.05) is 31.2 Å². The number of non-ortho nitro benzene ring substituents is 1. The van der Waals surface area contributed by atoms with Crippen molar-refractivity contribution in [1.82, 2.24) is 5.32 Å². The fourth-order valence-electron chi connectivity index (χ4n) is 3.49. The van der Waals surface area contributed by atoms with E-state index in [-0.39, 0.29) is 16.8 Å². The molecule has 1 fully saturated rings. The van der Waals surface area contributed by atoms with Gasteiger partial charge < -0.3 is 9.47 Å². The number of thioether (sulfide) groups is 1. The highest BCUT2D eigenvalue weighted by molar-refractivity contribution is 8.15. The summed E-state index contributed by atoms with van der Waals surface area (Å²) in [6.45, 7) is 2.29. The van der Waals surface area contributed by atoms with Crippen LogP contribution in [0.2, 0.25) is 0 Å². The smallest absolute Gasteiger partial charge is 0.286 e. The van der Waals surface area contributed by atoms with E-state index in [9.17, 15) is 19.7 Å². The first-order valence-corrected chi connectivity index (χ1v) is 10.4. The first kappa shape index (κ1) is 20.2. The summed E-state index contributed by atoms with van der Waals surface area (Å²) in [4.78, 5) is 33.5. The zero-order valence-electron chi connectivity index (χ0n) is 16.3. The number of amides is 2. The first-order valence-electron chi connectivity index (χ1n) is 9.51. The predicted octanol–water partition coefficient (Wildman–Crippen LogP) is 3.65. The second-order valence-corrected chi connectivity index (χ2v) is 8.80. The van der Waals surface area contributed by atoms with Gasteiger partial charge in [-0.25, -0.2) is 0 Å². The minimum atomic E-state index is -0.541. The van der Waals surface area contributed by atoms with Crippen LogP contribution in [0.15, 0.2) is 42.5 Å². The van der Waals surface area contributed by atoms with E-state index in [4.69, 9.17) is 9.47 Å². The van der Waals surface area contributed by atoms with Gasteiger partial charge in [-0.15, -0.1) is 0 Å². The molecule has 2 unspecified atom stereocenters. The average Bonchev–Trinajstić information content (AvgIpc) is 3.03. The molecule has 0 saturated carbocycles. The number of rotatable bonds is 6. The van der Waals surface area contributed by atoms with Crippen molar-refractivity contribution in [1.29, 1.82) is 0 Å². The van der Waals surface area contributed by atoms with E-state index in [0.29, 0.717) is 37.4 Å². The maximum Gasteiger partial charge on any atom is 0.286 e. The molecule has 2 aliphatic rings. The molecule has 0 aliphatic carbocycles. The standard InChI is InChI=1S/C21H20N2O6S/c1-21(9-8-14-11-15(23(26)27)4-7-17(14)29-21)12-28-16-5-2-13(3-6-16)10-18-19(24)22-20(25)30-18/h2-7,11,18H,8-10,12H2,1H3,(H,22,24,25). The van der Waals surface area contributed by atoms with Crippen LogP contribution in [0.5, 0.6) is 11.5 Å². The van der Waals surface area contributed by atoms with E-state index in [2.05, 4.69) is 5.32 Å². The molecular weight excluding hydrogens is 408 g/mol. The highest BCUT2D eigenvalue weighted by atomic mass is 32.2. The molecule has 0 bridgehead atoms. The molecule has 30 heavy (non-hydrogen) atoms. The molecule has 2 aromatic rings.